The van der Waals surface area contributed by atoms with E-state index in [1.807, 2.05) is 13.8 Å². The summed E-state index contributed by atoms with van der Waals surface area (Å²) in [4.78, 5) is 0. The van der Waals surface area contributed by atoms with E-state index in [4.69, 9.17) is 5.73 Å². The van der Waals surface area contributed by atoms with E-state index in [0.717, 1.165) is 0 Å². The molecule has 0 aliphatic heterocycles. The molecule has 0 saturated carbocycles. The van der Waals surface area contributed by atoms with Gasteiger partial charge < -0.3 is 5.73 Å². The van der Waals surface area contributed by atoms with E-state index in [9.17, 15) is 0 Å². The van der Waals surface area contributed by atoms with Gasteiger partial charge in [-0.3, -0.25) is 0 Å². The van der Waals surface area contributed by atoms with Crippen LogP contribution >= 0.6 is 0 Å². The van der Waals surface area contributed by atoms with E-state index in [-0.39, 0.29) is 31.4 Å². The summed E-state index contributed by atoms with van der Waals surface area (Å²) in [5, 5.41) is 0. The van der Waals surface area contributed by atoms with Crippen LogP contribution in [0.2, 0.25) is 0 Å². The quantitative estimate of drug-likeness (QED) is 0.721. The average Bonchev–Trinajstić information content (AvgIpc) is 1.31. The molecule has 48 valence electrons. The van der Waals surface area contributed by atoms with E-state index < -0.39 is 0 Å². The van der Waals surface area contributed by atoms with Crippen molar-refractivity contribution in [1.29, 1.82) is 0 Å². The molecule has 0 bridgehead atoms. The largest absolute Gasteiger partial charge is 0.325 e. The molecule has 0 aromatic heterocycles. The third-order valence-electron chi connectivity index (χ3n) is 1.49. The van der Waals surface area contributed by atoms with Gasteiger partial charge in [0, 0.05) is 31.4 Å². The fourth-order valence-electron chi connectivity index (χ4n) is 0. The van der Waals surface area contributed by atoms with E-state index in [1.54, 1.807) is 0 Å². The zero-order valence-corrected chi connectivity index (χ0v) is 9.75. The molecule has 2 heteroatoms. The molecule has 0 unspecified atom stereocenters. The van der Waals surface area contributed by atoms with E-state index in [2.05, 4.69) is 13.8 Å². The third-order valence-corrected chi connectivity index (χ3v) is 1.49. The monoisotopic (exact) mass is 281 g/mol. The first-order valence-corrected chi connectivity index (χ1v) is 2.73. The van der Waals surface area contributed by atoms with Crippen LogP contribution in [0.5, 0.6) is 0 Å². The zero-order chi connectivity index (χ0) is 6.08. The topological polar surface area (TPSA) is 26.0 Å². The minimum Gasteiger partial charge on any atom is -0.325 e. The van der Waals surface area contributed by atoms with Crippen LogP contribution in [0, 0.1) is 5.92 Å². The molecule has 0 fully saturated rings. The number of hydrogen-bond donors (Lipinski definition) is 1. The van der Waals surface area contributed by atoms with Crippen molar-refractivity contribution in [2.75, 3.05) is 0 Å². The fourth-order valence-corrected chi connectivity index (χ4v) is 0. The van der Waals surface area contributed by atoms with Crippen LogP contribution in [-0.4, -0.2) is 5.54 Å². The maximum Gasteiger partial charge on any atom is 0.0120 e. The molecule has 1 nitrogen and oxygen atoms in total. The van der Waals surface area contributed by atoms with Crippen LogP contribution in [-0.2, 0) is 25.8 Å². The van der Waals surface area contributed by atoms with Gasteiger partial charge in [-0.2, -0.15) is 0 Å². The van der Waals surface area contributed by atoms with Crippen molar-refractivity contribution in [3.63, 3.8) is 0 Å². The van der Waals surface area contributed by atoms with Crippen molar-refractivity contribution < 1.29 is 25.8 Å². The zero-order valence-electron chi connectivity index (χ0n) is 6.15. The van der Waals surface area contributed by atoms with Crippen molar-refractivity contribution in [2.24, 2.45) is 11.7 Å². The number of hydrogen-bond acceptors (Lipinski definition) is 1. The molecule has 0 aromatic rings. The molecule has 0 spiro atoms. The molecule has 0 rings (SSSR count). The van der Waals surface area contributed by atoms with E-state index in [0.29, 0.717) is 5.92 Å². The second-order valence-electron chi connectivity index (χ2n) is 2.98. The van der Waals surface area contributed by atoms with Gasteiger partial charge in [0.2, 0.25) is 0 Å². The molecular formula is C6H15HfN. The molecule has 0 heterocycles. The first-order chi connectivity index (χ1) is 2.94. The summed E-state index contributed by atoms with van der Waals surface area (Å²) in [6.07, 6.45) is 0. The van der Waals surface area contributed by atoms with E-state index >= 15 is 0 Å². The third kappa shape index (κ3) is 4.98. The molecule has 0 aliphatic carbocycles. The Bertz CT molecular complexity index is 54.0. The van der Waals surface area contributed by atoms with Gasteiger partial charge in [-0.25, -0.2) is 0 Å². The maximum atomic E-state index is 5.68. The Kier molecular flexibility index (Phi) is 5.48. The van der Waals surface area contributed by atoms with Gasteiger partial charge in [0.25, 0.3) is 0 Å². The van der Waals surface area contributed by atoms with Gasteiger partial charge >= 0.3 is 0 Å². The van der Waals surface area contributed by atoms with Crippen LogP contribution in [0.15, 0.2) is 0 Å². The fraction of sp³-hybridized carbons (Fsp3) is 1.00. The second kappa shape index (κ2) is 3.78. The first kappa shape index (κ1) is 11.6. The summed E-state index contributed by atoms with van der Waals surface area (Å²) in [5.41, 5.74) is 5.68. The van der Waals surface area contributed by atoms with Gasteiger partial charge in [-0.15, -0.1) is 0 Å². The van der Waals surface area contributed by atoms with Gasteiger partial charge in [0.05, 0.1) is 0 Å². The Hall–Kier alpha value is 0.830. The van der Waals surface area contributed by atoms with Crippen LogP contribution in [0.4, 0.5) is 0 Å². The van der Waals surface area contributed by atoms with Crippen LogP contribution < -0.4 is 5.73 Å². The second-order valence-corrected chi connectivity index (χ2v) is 2.98. The molecule has 0 aromatic carbocycles. The molecular weight excluding hydrogens is 265 g/mol. The normalized spacial score (nSPS) is 11.2. The average molecular weight is 280 g/mol. The van der Waals surface area contributed by atoms with Crippen molar-refractivity contribution in [1.82, 2.24) is 0 Å². The van der Waals surface area contributed by atoms with Gasteiger partial charge in [-0.05, 0) is 19.8 Å². The summed E-state index contributed by atoms with van der Waals surface area (Å²) < 4.78 is 0. The molecule has 0 atom stereocenters. The summed E-state index contributed by atoms with van der Waals surface area (Å²) in [5.74, 6) is 0.576. The summed E-state index contributed by atoms with van der Waals surface area (Å²) in [7, 11) is 0. The Morgan fingerprint density at radius 3 is 1.38 bits per heavy atom. The minimum absolute atomic E-state index is 0. The smallest absolute Gasteiger partial charge is 0.0120 e. The van der Waals surface area contributed by atoms with Crippen LogP contribution in [0.3, 0.4) is 0 Å². The summed E-state index contributed by atoms with van der Waals surface area (Å²) >= 11 is 0. The molecule has 0 radical (unpaired) electrons. The summed E-state index contributed by atoms with van der Waals surface area (Å²) in [6.45, 7) is 8.33. The van der Waals surface area contributed by atoms with Crippen LogP contribution in [0.1, 0.15) is 27.7 Å². The Balaban J connectivity index is 0. The summed E-state index contributed by atoms with van der Waals surface area (Å²) in [6, 6.07) is 0. The Morgan fingerprint density at radius 1 is 1.25 bits per heavy atom. The molecule has 0 amide bonds. The molecule has 8 heavy (non-hydrogen) atoms. The Labute approximate surface area is 70.8 Å². The molecule has 0 aliphatic rings. The molecule has 0 saturated heterocycles. The maximum absolute atomic E-state index is 5.68. The van der Waals surface area contributed by atoms with Gasteiger partial charge in [0.15, 0.2) is 0 Å². The number of rotatable bonds is 1. The van der Waals surface area contributed by atoms with Gasteiger partial charge in [-0.1, -0.05) is 13.8 Å². The number of nitrogens with two attached hydrogens (primary N) is 1. The van der Waals surface area contributed by atoms with Gasteiger partial charge in [0.1, 0.15) is 0 Å². The van der Waals surface area contributed by atoms with Crippen molar-refractivity contribution in [3.05, 3.63) is 0 Å². The van der Waals surface area contributed by atoms with Crippen molar-refractivity contribution >= 4 is 0 Å². The predicted octanol–water partition coefficient (Wildman–Crippen LogP) is 1.38. The standard InChI is InChI=1S/C6H15N.Hf/c1-5(2)6(3,4)7;/h5H,7H2,1-4H3;. The first-order valence-electron chi connectivity index (χ1n) is 2.73. The minimum atomic E-state index is 0. The van der Waals surface area contributed by atoms with Crippen molar-refractivity contribution in [2.45, 2.75) is 33.2 Å². The predicted molar refractivity (Wildman–Crippen MR) is 33.1 cm³/mol. The SMILES string of the molecule is CC(C)C(C)(C)N.[Hf]. The van der Waals surface area contributed by atoms with E-state index in [1.165, 1.54) is 0 Å². The Morgan fingerprint density at radius 2 is 1.38 bits per heavy atom. The van der Waals surface area contributed by atoms with Crippen LogP contribution in [0.25, 0.3) is 0 Å². The van der Waals surface area contributed by atoms with Crippen molar-refractivity contribution in [3.8, 4) is 0 Å². The molecule has 2 N–H and O–H groups in total.